The van der Waals surface area contributed by atoms with E-state index < -0.39 is 22.2 Å². The number of allylic oxidation sites excluding steroid dienone is 1. The maximum atomic E-state index is 13.3. The topological polar surface area (TPSA) is 72.8 Å². The van der Waals surface area contributed by atoms with Crippen molar-refractivity contribution < 1.29 is 24.2 Å². The number of aliphatic carboxylic acids is 1. The van der Waals surface area contributed by atoms with Crippen molar-refractivity contribution in [2.24, 2.45) is 45.8 Å². The summed E-state index contributed by atoms with van der Waals surface area (Å²) in [5, 5.41) is 10.9. The molecule has 3 fully saturated rings. The maximum Gasteiger partial charge on any atom is 0.315 e. The predicted octanol–water partition coefficient (Wildman–Crippen LogP) is 4.74. The first-order valence-corrected chi connectivity index (χ1v) is 12.4. The Morgan fingerprint density at radius 2 is 1.97 bits per heavy atom. The van der Waals surface area contributed by atoms with Gasteiger partial charge in [0.1, 0.15) is 11.7 Å². The summed E-state index contributed by atoms with van der Waals surface area (Å²) in [7, 11) is 0. The smallest absolute Gasteiger partial charge is 0.315 e. The van der Waals surface area contributed by atoms with E-state index in [1.165, 1.54) is 0 Å². The van der Waals surface area contributed by atoms with Crippen LogP contribution in [0.1, 0.15) is 66.7 Å². The summed E-state index contributed by atoms with van der Waals surface area (Å²) in [6.07, 6.45) is 7.52. The fourth-order valence-electron chi connectivity index (χ4n) is 8.47. The van der Waals surface area contributed by atoms with Gasteiger partial charge in [-0.3, -0.25) is 4.79 Å². The van der Waals surface area contributed by atoms with Gasteiger partial charge in [0.25, 0.3) is 0 Å². The van der Waals surface area contributed by atoms with E-state index in [4.69, 9.17) is 9.47 Å². The normalized spacial score (nSPS) is 45.1. The first kappa shape index (κ1) is 23.0. The van der Waals surface area contributed by atoms with Crippen molar-refractivity contribution in [3.05, 3.63) is 11.6 Å². The average molecular weight is 433 g/mol. The second-order valence-electron chi connectivity index (χ2n) is 11.0. The molecule has 31 heavy (non-hydrogen) atoms. The Bertz CT molecular complexity index is 759. The molecule has 8 atom stereocenters. The number of hydrogen-bond donors (Lipinski definition) is 1. The van der Waals surface area contributed by atoms with Crippen LogP contribution in [0.25, 0.3) is 0 Å². The Kier molecular flexibility index (Phi) is 5.92. The van der Waals surface area contributed by atoms with E-state index in [1.807, 2.05) is 0 Å². The van der Waals surface area contributed by atoms with E-state index in [9.17, 15) is 14.7 Å². The minimum atomic E-state index is -1.16. The number of aldehydes is 1. The molecular weight excluding hydrogens is 392 g/mol. The van der Waals surface area contributed by atoms with Crippen LogP contribution in [0.3, 0.4) is 0 Å². The van der Waals surface area contributed by atoms with Crippen LogP contribution in [0.5, 0.6) is 0 Å². The van der Waals surface area contributed by atoms with Crippen molar-refractivity contribution in [3.8, 4) is 0 Å². The molecule has 1 N–H and O–H groups in total. The molecule has 174 valence electrons. The summed E-state index contributed by atoms with van der Waals surface area (Å²) >= 11 is 0. The molecule has 4 bridgehead atoms. The molecule has 0 aromatic carbocycles. The molecule has 0 heterocycles. The molecular formula is C26H40O5. The SMILES string of the molecule is CCCOC[C@]12CC3C(C)C(OCCC)CC3[C@@]3(C=O)CC1C=C(C(C)C)[C@@]23C(=O)O. The third-order valence-corrected chi connectivity index (χ3v) is 9.45. The van der Waals surface area contributed by atoms with Gasteiger partial charge in [0.15, 0.2) is 0 Å². The molecule has 5 unspecified atom stereocenters. The molecule has 5 nitrogen and oxygen atoms in total. The zero-order valence-electron chi connectivity index (χ0n) is 19.9. The first-order chi connectivity index (χ1) is 14.8. The Morgan fingerprint density at radius 1 is 1.26 bits per heavy atom. The lowest BCUT2D eigenvalue weighted by Crippen LogP contribution is -2.63. The molecule has 4 aliphatic rings. The maximum absolute atomic E-state index is 13.3. The van der Waals surface area contributed by atoms with Crippen LogP contribution >= 0.6 is 0 Å². The third-order valence-electron chi connectivity index (χ3n) is 9.45. The lowest BCUT2D eigenvalue weighted by Gasteiger charge is -2.58. The second-order valence-corrected chi connectivity index (χ2v) is 11.0. The minimum absolute atomic E-state index is 0.0599. The highest BCUT2D eigenvalue weighted by Gasteiger charge is 2.84. The van der Waals surface area contributed by atoms with Crippen LogP contribution in [0.2, 0.25) is 0 Å². The van der Waals surface area contributed by atoms with Gasteiger partial charge in [-0.25, -0.2) is 0 Å². The largest absolute Gasteiger partial charge is 0.481 e. The van der Waals surface area contributed by atoms with E-state index in [-0.39, 0.29) is 23.9 Å². The molecule has 0 aliphatic heterocycles. The van der Waals surface area contributed by atoms with Gasteiger partial charge in [-0.05, 0) is 61.7 Å². The number of carbonyl (C=O) groups excluding carboxylic acids is 1. The number of carboxylic acids is 1. The van der Waals surface area contributed by atoms with Crippen molar-refractivity contribution in [1.82, 2.24) is 0 Å². The summed E-state index contributed by atoms with van der Waals surface area (Å²) in [4.78, 5) is 26.4. The highest BCUT2D eigenvalue weighted by atomic mass is 16.5. The van der Waals surface area contributed by atoms with E-state index in [1.54, 1.807) is 0 Å². The number of hydrogen-bond acceptors (Lipinski definition) is 4. The zero-order valence-corrected chi connectivity index (χ0v) is 19.9. The number of rotatable bonds is 10. The summed E-state index contributed by atoms with van der Waals surface area (Å²) in [5.74, 6) is 0.0558. The lowest BCUT2D eigenvalue weighted by atomic mass is 9.43. The summed E-state index contributed by atoms with van der Waals surface area (Å²) in [6, 6.07) is 0. The molecule has 4 rings (SSSR count). The van der Waals surface area contributed by atoms with E-state index in [0.717, 1.165) is 44.1 Å². The number of carboxylic acid groups (broad SMARTS) is 1. The summed E-state index contributed by atoms with van der Waals surface area (Å²) in [6.45, 7) is 12.4. The number of ether oxygens (including phenoxy) is 2. The quantitative estimate of drug-likeness (QED) is 0.307. The zero-order chi connectivity index (χ0) is 22.6. The molecule has 0 saturated heterocycles. The molecule has 0 spiro atoms. The molecule has 4 aliphatic carbocycles. The predicted molar refractivity (Wildman–Crippen MR) is 119 cm³/mol. The summed E-state index contributed by atoms with van der Waals surface area (Å²) < 4.78 is 12.4. The molecule has 5 heteroatoms. The van der Waals surface area contributed by atoms with E-state index in [0.29, 0.717) is 31.5 Å². The fraction of sp³-hybridized carbons (Fsp3) is 0.846. The van der Waals surface area contributed by atoms with Crippen molar-refractivity contribution >= 4 is 12.3 Å². The minimum Gasteiger partial charge on any atom is -0.481 e. The van der Waals surface area contributed by atoms with Gasteiger partial charge in [-0.15, -0.1) is 0 Å². The second kappa shape index (κ2) is 7.98. The van der Waals surface area contributed by atoms with Gasteiger partial charge in [0.05, 0.1) is 18.1 Å². The third kappa shape index (κ3) is 2.68. The average Bonchev–Trinajstić information content (AvgIpc) is 3.27. The molecule has 0 aromatic rings. The van der Waals surface area contributed by atoms with Crippen LogP contribution in [0.15, 0.2) is 11.6 Å². The highest BCUT2D eigenvalue weighted by molar-refractivity contribution is 5.90. The van der Waals surface area contributed by atoms with Gasteiger partial charge in [0, 0.05) is 18.6 Å². The fourth-order valence-corrected chi connectivity index (χ4v) is 8.47. The Morgan fingerprint density at radius 3 is 2.55 bits per heavy atom. The summed E-state index contributed by atoms with van der Waals surface area (Å²) in [5.41, 5.74) is -1.60. The van der Waals surface area contributed by atoms with Crippen molar-refractivity contribution in [2.75, 3.05) is 19.8 Å². The van der Waals surface area contributed by atoms with Crippen LogP contribution in [0.4, 0.5) is 0 Å². The molecule has 3 saturated carbocycles. The van der Waals surface area contributed by atoms with Gasteiger partial charge in [0.2, 0.25) is 0 Å². The van der Waals surface area contributed by atoms with Crippen LogP contribution in [-0.4, -0.2) is 43.3 Å². The van der Waals surface area contributed by atoms with Gasteiger partial charge < -0.3 is 19.4 Å². The molecule has 0 amide bonds. The first-order valence-electron chi connectivity index (χ1n) is 12.4. The van der Waals surface area contributed by atoms with Crippen molar-refractivity contribution in [3.63, 3.8) is 0 Å². The van der Waals surface area contributed by atoms with Gasteiger partial charge in [-0.2, -0.15) is 0 Å². The van der Waals surface area contributed by atoms with Crippen molar-refractivity contribution in [1.29, 1.82) is 0 Å². The Hall–Kier alpha value is -1.20. The standard InChI is InChI=1S/C26H40O5/c1-6-8-30-15-25-13-19-17(5)22(31-9-7-2)11-21(19)24(14-27)12-18(25)10-20(16(3)4)26(24,25)23(28)29/h10,14,16-19,21-22H,6-9,11-13,15H2,1-5H3,(H,28,29)/t17?,18?,19?,21?,22?,24-,25+,26-/m0/s1. The van der Waals surface area contributed by atoms with Crippen LogP contribution < -0.4 is 0 Å². The Balaban J connectivity index is 1.86. The van der Waals surface area contributed by atoms with Crippen LogP contribution in [-0.2, 0) is 19.1 Å². The van der Waals surface area contributed by atoms with E-state index >= 15 is 0 Å². The monoisotopic (exact) mass is 432 g/mol. The lowest BCUT2D eigenvalue weighted by molar-refractivity contribution is -0.186. The van der Waals surface area contributed by atoms with E-state index in [2.05, 4.69) is 40.7 Å². The number of fused-ring (bicyclic) bond motifs is 2. The Labute approximate surface area is 186 Å². The van der Waals surface area contributed by atoms with Gasteiger partial charge >= 0.3 is 5.97 Å². The number of carbonyl (C=O) groups is 2. The van der Waals surface area contributed by atoms with Gasteiger partial charge in [-0.1, -0.05) is 46.3 Å². The highest BCUT2D eigenvalue weighted by Crippen LogP contribution is 2.82. The molecule has 0 aromatic heterocycles. The van der Waals surface area contributed by atoms with Crippen molar-refractivity contribution in [2.45, 2.75) is 72.8 Å². The van der Waals surface area contributed by atoms with Crippen LogP contribution in [0, 0.1) is 45.8 Å². The molecule has 0 radical (unpaired) electrons.